The third-order valence-electron chi connectivity index (χ3n) is 3.75. The predicted octanol–water partition coefficient (Wildman–Crippen LogP) is 3.68. The molecule has 0 spiro atoms. The van der Waals surface area contributed by atoms with Crippen molar-refractivity contribution in [2.45, 2.75) is 6.54 Å². The molecule has 7 heteroatoms. The highest BCUT2D eigenvalue weighted by atomic mass is 16.5. The largest absolute Gasteiger partial charge is 0.497 e. The third kappa shape index (κ3) is 4.13. The molecule has 1 aromatic carbocycles. The van der Waals surface area contributed by atoms with Gasteiger partial charge < -0.3 is 24.5 Å². The maximum absolute atomic E-state index is 12.1. The van der Waals surface area contributed by atoms with Crippen molar-refractivity contribution in [1.82, 2.24) is 10.3 Å². The number of nitrogens with zero attached hydrogens (tertiary/aromatic N) is 1. The Morgan fingerprint density at radius 2 is 2.04 bits per heavy atom. The van der Waals surface area contributed by atoms with E-state index in [9.17, 15) is 4.79 Å². The van der Waals surface area contributed by atoms with Crippen molar-refractivity contribution in [2.75, 3.05) is 19.5 Å². The van der Waals surface area contributed by atoms with E-state index in [1.165, 1.54) is 7.11 Å². The summed E-state index contributed by atoms with van der Waals surface area (Å²) in [6.45, 7) is 0.350. The summed E-state index contributed by atoms with van der Waals surface area (Å²) in [5.74, 6) is 1.17. The Labute approximate surface area is 151 Å². The molecule has 0 saturated carbocycles. The zero-order valence-electron chi connectivity index (χ0n) is 14.5. The fourth-order valence-corrected chi connectivity index (χ4v) is 2.36. The van der Waals surface area contributed by atoms with Crippen molar-refractivity contribution in [3.05, 3.63) is 60.7 Å². The zero-order chi connectivity index (χ0) is 18.4. The minimum Gasteiger partial charge on any atom is -0.497 e. The zero-order valence-corrected chi connectivity index (χ0v) is 14.5. The highest BCUT2D eigenvalue weighted by molar-refractivity contribution is 5.91. The normalized spacial score (nSPS) is 10.2. The van der Waals surface area contributed by atoms with Gasteiger partial charge in [-0.05, 0) is 29.8 Å². The van der Waals surface area contributed by atoms with E-state index in [0.717, 1.165) is 16.8 Å². The highest BCUT2D eigenvalue weighted by Crippen LogP contribution is 2.28. The average molecular weight is 353 g/mol. The first-order valence-electron chi connectivity index (χ1n) is 7.94. The highest BCUT2D eigenvalue weighted by Gasteiger charge is 2.09. The number of methoxy groups -OCH3 is 2. The number of nitrogens with one attached hydrogen (secondary N) is 2. The first kappa shape index (κ1) is 17.3. The molecular weight excluding hydrogens is 334 g/mol. The van der Waals surface area contributed by atoms with Crippen molar-refractivity contribution < 1.29 is 18.7 Å². The molecular formula is C19H19N3O4. The minimum absolute atomic E-state index is 0.340. The number of ether oxygens (including phenoxy) is 2. The van der Waals surface area contributed by atoms with Crippen LogP contribution < -0.4 is 20.1 Å². The number of anilines is 1. The second-order valence-electron chi connectivity index (χ2n) is 5.44. The Morgan fingerprint density at radius 1 is 1.15 bits per heavy atom. The van der Waals surface area contributed by atoms with Crippen LogP contribution in [-0.4, -0.2) is 25.2 Å². The van der Waals surface area contributed by atoms with Gasteiger partial charge >= 0.3 is 6.03 Å². The number of urea groups is 1. The molecule has 0 aliphatic rings. The van der Waals surface area contributed by atoms with E-state index >= 15 is 0 Å². The number of pyridine rings is 1. The van der Waals surface area contributed by atoms with Gasteiger partial charge in [-0.1, -0.05) is 6.07 Å². The number of hydrogen-bond donors (Lipinski definition) is 2. The van der Waals surface area contributed by atoms with Crippen LogP contribution in [0.25, 0.3) is 11.3 Å². The lowest BCUT2D eigenvalue weighted by Crippen LogP contribution is -2.28. The number of rotatable bonds is 6. The topological polar surface area (TPSA) is 85.6 Å². The van der Waals surface area contributed by atoms with Crippen molar-refractivity contribution in [3.8, 4) is 22.8 Å². The quantitative estimate of drug-likeness (QED) is 0.706. The third-order valence-corrected chi connectivity index (χ3v) is 3.75. The molecule has 0 radical (unpaired) electrons. The second-order valence-corrected chi connectivity index (χ2v) is 5.44. The van der Waals surface area contributed by atoms with Crippen LogP contribution in [-0.2, 0) is 6.54 Å². The smallest absolute Gasteiger partial charge is 0.319 e. The van der Waals surface area contributed by atoms with Crippen LogP contribution in [0.1, 0.15) is 5.56 Å². The summed E-state index contributed by atoms with van der Waals surface area (Å²) in [5.41, 5.74) is 3.16. The summed E-state index contributed by atoms with van der Waals surface area (Å²) in [7, 11) is 3.10. The number of benzene rings is 1. The average Bonchev–Trinajstić information content (AvgIpc) is 3.22. The molecule has 0 saturated heterocycles. The lowest BCUT2D eigenvalue weighted by Gasteiger charge is -2.12. The van der Waals surface area contributed by atoms with Gasteiger partial charge in [0.05, 0.1) is 38.1 Å². The minimum atomic E-state index is -0.340. The maximum Gasteiger partial charge on any atom is 0.319 e. The van der Waals surface area contributed by atoms with Crippen LogP contribution in [0.4, 0.5) is 10.5 Å². The summed E-state index contributed by atoms with van der Waals surface area (Å²) in [6.07, 6.45) is 4.96. The summed E-state index contributed by atoms with van der Waals surface area (Å²) in [6, 6.07) is 10.5. The standard InChI is InChI=1S/C19H19N3O4/c1-24-15-4-6-17(18(9-15)25-2)22-19(23)21-11-13-3-5-16(20-10-13)14-7-8-26-12-14/h3-10,12H,11H2,1-2H3,(H2,21,22,23). The molecule has 0 unspecified atom stereocenters. The van der Waals surface area contributed by atoms with Crippen molar-refractivity contribution in [3.63, 3.8) is 0 Å². The molecule has 0 aliphatic heterocycles. The molecule has 2 heterocycles. The van der Waals surface area contributed by atoms with Gasteiger partial charge in [0.1, 0.15) is 11.5 Å². The Bertz CT molecular complexity index is 861. The number of aromatic nitrogens is 1. The number of hydrogen-bond acceptors (Lipinski definition) is 5. The lowest BCUT2D eigenvalue weighted by atomic mass is 10.2. The van der Waals surface area contributed by atoms with E-state index in [2.05, 4.69) is 15.6 Å². The summed E-state index contributed by atoms with van der Waals surface area (Å²) < 4.78 is 15.4. The number of carbonyl (C=O) groups is 1. The Balaban J connectivity index is 1.57. The second kappa shape index (κ2) is 8.06. The first-order chi connectivity index (χ1) is 12.7. The Hall–Kier alpha value is -3.48. The molecule has 3 rings (SSSR count). The molecule has 0 atom stereocenters. The number of furan rings is 1. The van der Waals surface area contributed by atoms with Gasteiger partial charge in [-0.2, -0.15) is 0 Å². The van der Waals surface area contributed by atoms with Gasteiger partial charge in [0, 0.05) is 24.4 Å². The molecule has 3 aromatic rings. The van der Waals surface area contributed by atoms with Gasteiger partial charge in [-0.3, -0.25) is 4.98 Å². The van der Waals surface area contributed by atoms with Gasteiger partial charge in [-0.25, -0.2) is 4.79 Å². The van der Waals surface area contributed by atoms with E-state index in [4.69, 9.17) is 13.9 Å². The molecule has 0 fully saturated rings. The van der Waals surface area contributed by atoms with Crippen LogP contribution >= 0.6 is 0 Å². The fourth-order valence-electron chi connectivity index (χ4n) is 2.36. The first-order valence-corrected chi connectivity index (χ1v) is 7.94. The Kier molecular flexibility index (Phi) is 5.38. The van der Waals surface area contributed by atoms with E-state index < -0.39 is 0 Å². The maximum atomic E-state index is 12.1. The molecule has 0 bridgehead atoms. The van der Waals surface area contributed by atoms with Gasteiger partial charge in [0.15, 0.2) is 0 Å². The summed E-state index contributed by atoms with van der Waals surface area (Å²) in [5, 5.41) is 5.54. The van der Waals surface area contributed by atoms with Crippen LogP contribution in [0, 0.1) is 0 Å². The van der Waals surface area contributed by atoms with Crippen LogP contribution in [0.2, 0.25) is 0 Å². The van der Waals surface area contributed by atoms with E-state index in [-0.39, 0.29) is 6.03 Å². The molecule has 2 amide bonds. The van der Waals surface area contributed by atoms with Gasteiger partial charge in [0.2, 0.25) is 0 Å². The van der Waals surface area contributed by atoms with E-state index in [0.29, 0.717) is 23.7 Å². The Morgan fingerprint density at radius 3 is 2.69 bits per heavy atom. The molecule has 134 valence electrons. The van der Waals surface area contributed by atoms with Gasteiger partial charge in [-0.15, -0.1) is 0 Å². The number of carbonyl (C=O) groups excluding carboxylic acids is 1. The summed E-state index contributed by atoms with van der Waals surface area (Å²) in [4.78, 5) is 16.5. The summed E-state index contributed by atoms with van der Waals surface area (Å²) >= 11 is 0. The van der Waals surface area contributed by atoms with Crippen molar-refractivity contribution >= 4 is 11.7 Å². The van der Waals surface area contributed by atoms with Crippen LogP contribution in [0.5, 0.6) is 11.5 Å². The van der Waals surface area contributed by atoms with Crippen molar-refractivity contribution in [2.24, 2.45) is 0 Å². The van der Waals surface area contributed by atoms with E-state index in [1.807, 2.05) is 18.2 Å². The SMILES string of the molecule is COc1ccc(NC(=O)NCc2ccc(-c3ccoc3)nc2)c(OC)c1. The van der Waals surface area contributed by atoms with Crippen LogP contribution in [0.3, 0.4) is 0 Å². The molecule has 2 N–H and O–H groups in total. The van der Waals surface area contributed by atoms with Crippen LogP contribution in [0.15, 0.2) is 59.5 Å². The fraction of sp³-hybridized carbons (Fsp3) is 0.158. The molecule has 0 aliphatic carbocycles. The molecule has 2 aromatic heterocycles. The van der Waals surface area contributed by atoms with E-state index in [1.54, 1.807) is 44.0 Å². The monoisotopic (exact) mass is 353 g/mol. The lowest BCUT2D eigenvalue weighted by molar-refractivity contribution is 0.251. The van der Waals surface area contributed by atoms with Crippen molar-refractivity contribution in [1.29, 1.82) is 0 Å². The molecule has 26 heavy (non-hydrogen) atoms. The predicted molar refractivity (Wildman–Crippen MR) is 97.3 cm³/mol. The number of amides is 2. The van der Waals surface area contributed by atoms with Gasteiger partial charge in [0.25, 0.3) is 0 Å². The molecule has 7 nitrogen and oxygen atoms in total.